The van der Waals surface area contributed by atoms with Gasteiger partial charge in [0.1, 0.15) is 0 Å². The van der Waals surface area contributed by atoms with Gasteiger partial charge in [0.2, 0.25) is 0 Å². The van der Waals surface area contributed by atoms with E-state index in [1.165, 1.54) is 16.7 Å². The third-order valence-corrected chi connectivity index (χ3v) is 3.62. The molecule has 0 atom stereocenters. The summed E-state index contributed by atoms with van der Waals surface area (Å²) in [7, 11) is 0. The first-order chi connectivity index (χ1) is 9.80. The highest BCUT2D eigenvalue weighted by atomic mass is 15.1. The number of rotatable bonds is 5. The molecule has 0 aliphatic carbocycles. The molecule has 0 N–H and O–H groups in total. The number of hydrogen-bond donors (Lipinski definition) is 0. The van der Waals surface area contributed by atoms with Gasteiger partial charge in [-0.3, -0.25) is 0 Å². The highest BCUT2D eigenvalue weighted by Gasteiger charge is 2.05. The van der Waals surface area contributed by atoms with Crippen LogP contribution in [-0.2, 0) is 19.3 Å². The van der Waals surface area contributed by atoms with E-state index >= 15 is 0 Å². The van der Waals surface area contributed by atoms with E-state index in [-0.39, 0.29) is 0 Å². The zero-order chi connectivity index (χ0) is 14.4. The van der Waals surface area contributed by atoms with Gasteiger partial charge in [0.05, 0.1) is 11.4 Å². The van der Waals surface area contributed by atoms with Gasteiger partial charge in [0, 0.05) is 0 Å². The summed E-state index contributed by atoms with van der Waals surface area (Å²) in [5.74, 6) is 0. The van der Waals surface area contributed by atoms with Gasteiger partial charge in [0.15, 0.2) is 0 Å². The molecule has 20 heavy (non-hydrogen) atoms. The van der Waals surface area contributed by atoms with Crippen molar-refractivity contribution in [2.45, 2.75) is 40.0 Å². The van der Waals surface area contributed by atoms with Crippen molar-refractivity contribution in [3.8, 4) is 0 Å². The van der Waals surface area contributed by atoms with Crippen LogP contribution in [0.15, 0.2) is 52.7 Å². The Morgan fingerprint density at radius 2 is 1.25 bits per heavy atom. The summed E-state index contributed by atoms with van der Waals surface area (Å²) in [6.07, 6.45) is 3.01. The lowest BCUT2D eigenvalue weighted by Gasteiger charge is -2.08. The minimum Gasteiger partial charge on any atom is -0.150 e. The summed E-state index contributed by atoms with van der Waals surface area (Å²) in [5.41, 5.74) is 5.89. The molecule has 104 valence electrons. The molecule has 0 spiro atoms. The Morgan fingerprint density at radius 3 is 1.95 bits per heavy atom. The monoisotopic (exact) mass is 266 g/mol. The van der Waals surface area contributed by atoms with Crippen molar-refractivity contribution in [2.75, 3.05) is 0 Å². The predicted molar refractivity (Wildman–Crippen MR) is 85.2 cm³/mol. The normalized spacial score (nSPS) is 11.2. The lowest BCUT2D eigenvalue weighted by molar-refractivity contribution is 1.02. The van der Waals surface area contributed by atoms with Gasteiger partial charge in [0.25, 0.3) is 0 Å². The second-order valence-electron chi connectivity index (χ2n) is 4.80. The molecular weight excluding hydrogens is 244 g/mol. The Kier molecular flexibility index (Phi) is 5.05. The largest absolute Gasteiger partial charge is 0.150 e. The van der Waals surface area contributed by atoms with Crippen LogP contribution in [0.4, 0.5) is 11.4 Å². The fourth-order valence-corrected chi connectivity index (χ4v) is 2.47. The molecule has 2 nitrogen and oxygen atoms in total. The topological polar surface area (TPSA) is 24.7 Å². The second-order valence-corrected chi connectivity index (χ2v) is 4.80. The van der Waals surface area contributed by atoms with E-state index in [0.717, 1.165) is 30.6 Å². The van der Waals surface area contributed by atoms with E-state index in [1.54, 1.807) is 0 Å². The van der Waals surface area contributed by atoms with Crippen LogP contribution in [-0.4, -0.2) is 0 Å². The Balaban J connectivity index is 2.36. The van der Waals surface area contributed by atoms with E-state index in [2.05, 4.69) is 55.3 Å². The lowest BCUT2D eigenvalue weighted by atomic mass is 10.0. The van der Waals surface area contributed by atoms with E-state index in [0.29, 0.717) is 0 Å². The molecule has 0 bridgehead atoms. The zero-order valence-electron chi connectivity index (χ0n) is 12.6. The third kappa shape index (κ3) is 3.13. The average Bonchev–Trinajstić information content (AvgIpc) is 2.52. The van der Waals surface area contributed by atoms with Crippen molar-refractivity contribution in [1.82, 2.24) is 0 Å². The van der Waals surface area contributed by atoms with Crippen LogP contribution in [0.25, 0.3) is 0 Å². The standard InChI is InChI=1S/C18H22N2/c1-4-14-11-9-13-18(16(14)6-3)20-19-17-12-8-7-10-15(17)5-2/h7-13H,4-6H2,1-3H3/b20-19+. The number of hydrogen-bond acceptors (Lipinski definition) is 2. The Morgan fingerprint density at radius 1 is 0.650 bits per heavy atom. The Bertz CT molecular complexity index is 600. The summed E-state index contributed by atoms with van der Waals surface area (Å²) in [5, 5.41) is 8.95. The molecule has 0 aliphatic heterocycles. The van der Waals surface area contributed by atoms with Crippen LogP contribution in [0, 0.1) is 0 Å². The molecule has 2 aromatic carbocycles. The van der Waals surface area contributed by atoms with Crippen molar-refractivity contribution in [1.29, 1.82) is 0 Å². The van der Waals surface area contributed by atoms with Gasteiger partial charge in [-0.15, -0.1) is 0 Å². The minimum absolute atomic E-state index is 0.971. The van der Waals surface area contributed by atoms with E-state index < -0.39 is 0 Å². The smallest absolute Gasteiger partial charge is 0.0891 e. The molecule has 0 radical (unpaired) electrons. The number of nitrogens with zero attached hydrogens (tertiary/aromatic N) is 2. The van der Waals surface area contributed by atoms with Crippen molar-refractivity contribution in [3.05, 3.63) is 59.2 Å². The first-order valence-electron chi connectivity index (χ1n) is 7.40. The van der Waals surface area contributed by atoms with Crippen molar-refractivity contribution < 1.29 is 0 Å². The molecule has 0 aliphatic rings. The fourth-order valence-electron chi connectivity index (χ4n) is 2.47. The first-order valence-corrected chi connectivity index (χ1v) is 7.40. The fraction of sp³-hybridized carbons (Fsp3) is 0.333. The van der Waals surface area contributed by atoms with Gasteiger partial charge in [-0.1, -0.05) is 51.1 Å². The predicted octanol–water partition coefficient (Wildman–Crippen LogP) is 5.79. The third-order valence-electron chi connectivity index (χ3n) is 3.62. The highest BCUT2D eigenvalue weighted by molar-refractivity contribution is 5.51. The molecule has 2 rings (SSSR count). The maximum absolute atomic E-state index is 4.49. The molecule has 0 saturated carbocycles. The van der Waals surface area contributed by atoms with Crippen LogP contribution >= 0.6 is 0 Å². The van der Waals surface area contributed by atoms with Crippen molar-refractivity contribution >= 4 is 11.4 Å². The second kappa shape index (κ2) is 6.99. The molecule has 0 heterocycles. The van der Waals surface area contributed by atoms with Crippen molar-refractivity contribution in [2.24, 2.45) is 10.2 Å². The van der Waals surface area contributed by atoms with Crippen LogP contribution in [0.5, 0.6) is 0 Å². The van der Waals surface area contributed by atoms with Gasteiger partial charge in [-0.2, -0.15) is 10.2 Å². The van der Waals surface area contributed by atoms with Gasteiger partial charge < -0.3 is 0 Å². The van der Waals surface area contributed by atoms with Gasteiger partial charge in [-0.25, -0.2) is 0 Å². The summed E-state index contributed by atoms with van der Waals surface area (Å²) in [6, 6.07) is 14.5. The van der Waals surface area contributed by atoms with E-state index in [4.69, 9.17) is 0 Å². The Labute approximate surface area is 121 Å². The van der Waals surface area contributed by atoms with Gasteiger partial charge in [-0.05, 0) is 48.1 Å². The molecule has 0 fully saturated rings. The van der Waals surface area contributed by atoms with E-state index in [9.17, 15) is 0 Å². The summed E-state index contributed by atoms with van der Waals surface area (Å²) in [4.78, 5) is 0. The Hall–Kier alpha value is -1.96. The summed E-state index contributed by atoms with van der Waals surface area (Å²) < 4.78 is 0. The quantitative estimate of drug-likeness (QED) is 0.612. The van der Waals surface area contributed by atoms with Crippen LogP contribution in [0.1, 0.15) is 37.5 Å². The SMILES string of the molecule is CCc1ccccc1/N=N/c1cccc(CC)c1CC. The van der Waals surface area contributed by atoms with Crippen molar-refractivity contribution in [3.63, 3.8) is 0 Å². The lowest BCUT2D eigenvalue weighted by Crippen LogP contribution is -1.90. The maximum Gasteiger partial charge on any atom is 0.0891 e. The van der Waals surface area contributed by atoms with Crippen LogP contribution in [0.3, 0.4) is 0 Å². The van der Waals surface area contributed by atoms with E-state index in [1.807, 2.05) is 18.2 Å². The zero-order valence-corrected chi connectivity index (χ0v) is 12.6. The summed E-state index contributed by atoms with van der Waals surface area (Å²) in [6.45, 7) is 6.50. The highest BCUT2D eigenvalue weighted by Crippen LogP contribution is 2.27. The minimum atomic E-state index is 0.971. The number of aryl methyl sites for hydroxylation is 2. The molecule has 2 heteroatoms. The molecular formula is C18H22N2. The van der Waals surface area contributed by atoms with Crippen LogP contribution in [0.2, 0.25) is 0 Å². The van der Waals surface area contributed by atoms with Gasteiger partial charge >= 0.3 is 0 Å². The first kappa shape index (κ1) is 14.4. The number of benzene rings is 2. The average molecular weight is 266 g/mol. The molecule has 0 aromatic heterocycles. The molecule has 0 saturated heterocycles. The summed E-state index contributed by atoms with van der Waals surface area (Å²) >= 11 is 0. The molecule has 0 amide bonds. The molecule has 0 unspecified atom stereocenters. The van der Waals surface area contributed by atoms with Crippen LogP contribution < -0.4 is 0 Å². The number of azo groups is 1. The molecule has 2 aromatic rings. The maximum atomic E-state index is 4.49.